The maximum Gasteiger partial charge on any atom is 0.150 e. The number of hydrogen-bond donors (Lipinski definition) is 1. The predicted octanol–water partition coefficient (Wildman–Crippen LogP) is 2.77. The molecule has 1 heterocycles. The van der Waals surface area contributed by atoms with Crippen molar-refractivity contribution in [3.05, 3.63) is 59.4 Å². The number of halogens is 1. The molecule has 0 saturated heterocycles. The largest absolute Gasteiger partial charge is 0.382 e. The van der Waals surface area contributed by atoms with Gasteiger partial charge in [0.2, 0.25) is 0 Å². The Morgan fingerprint density at radius 1 is 1.19 bits per heavy atom. The van der Waals surface area contributed by atoms with Crippen molar-refractivity contribution in [2.75, 3.05) is 0 Å². The summed E-state index contributed by atoms with van der Waals surface area (Å²) >= 11 is 5.85. The molecule has 0 unspecified atom stereocenters. The molecule has 2 N–H and O–H groups in total. The van der Waals surface area contributed by atoms with Crippen molar-refractivity contribution in [2.45, 2.75) is 0 Å². The summed E-state index contributed by atoms with van der Waals surface area (Å²) in [5.41, 5.74) is 7.19. The van der Waals surface area contributed by atoms with Crippen molar-refractivity contribution in [1.29, 1.82) is 0 Å². The predicted molar refractivity (Wildman–Crippen MR) is 66.1 cm³/mol. The number of nitrogens with two attached hydrogens (primary N) is 1. The molecule has 1 aromatic carbocycles. The van der Waals surface area contributed by atoms with Gasteiger partial charge in [0, 0.05) is 11.2 Å². The molecular formula is C12H10ClN3. The topological polar surface area (TPSA) is 51.3 Å². The lowest BCUT2D eigenvalue weighted by Crippen LogP contribution is -2.14. The molecule has 0 saturated carbocycles. The minimum Gasteiger partial charge on any atom is -0.382 e. The zero-order chi connectivity index (χ0) is 11.4. The highest BCUT2D eigenvalue weighted by Gasteiger charge is 1.99. The number of nitrogens with zero attached hydrogens (tertiary/aromatic N) is 2. The third-order valence-electron chi connectivity index (χ3n) is 1.99. The molecule has 16 heavy (non-hydrogen) atoms. The van der Waals surface area contributed by atoms with E-state index < -0.39 is 0 Å². The van der Waals surface area contributed by atoms with Gasteiger partial charge in [0.05, 0.1) is 5.69 Å². The average molecular weight is 232 g/mol. The molecule has 0 bridgehead atoms. The zero-order valence-corrected chi connectivity index (χ0v) is 9.22. The van der Waals surface area contributed by atoms with Crippen LogP contribution in [-0.4, -0.2) is 10.8 Å². The molecule has 0 aliphatic rings. The molecule has 3 nitrogen and oxygen atoms in total. The van der Waals surface area contributed by atoms with Crippen LogP contribution in [-0.2, 0) is 0 Å². The van der Waals surface area contributed by atoms with Crippen LogP contribution in [0.4, 0.5) is 5.69 Å². The van der Waals surface area contributed by atoms with Crippen molar-refractivity contribution in [3.8, 4) is 0 Å². The van der Waals surface area contributed by atoms with E-state index in [1.807, 2.05) is 30.3 Å². The van der Waals surface area contributed by atoms with Crippen LogP contribution in [0.25, 0.3) is 0 Å². The minimum absolute atomic E-state index is 0.378. The normalized spacial score (nSPS) is 11.4. The van der Waals surface area contributed by atoms with Gasteiger partial charge in [-0.3, -0.25) is 4.98 Å². The molecule has 0 aliphatic heterocycles. The van der Waals surface area contributed by atoms with E-state index in [0.717, 1.165) is 5.69 Å². The summed E-state index contributed by atoms with van der Waals surface area (Å²) in [6.07, 6.45) is 1.68. The van der Waals surface area contributed by atoms with Gasteiger partial charge in [-0.05, 0) is 30.3 Å². The van der Waals surface area contributed by atoms with Gasteiger partial charge in [0.15, 0.2) is 0 Å². The van der Waals surface area contributed by atoms with Crippen molar-refractivity contribution in [2.24, 2.45) is 10.7 Å². The second-order valence-corrected chi connectivity index (χ2v) is 3.63. The monoisotopic (exact) mass is 231 g/mol. The highest BCUT2D eigenvalue weighted by molar-refractivity contribution is 6.30. The van der Waals surface area contributed by atoms with Crippen molar-refractivity contribution < 1.29 is 0 Å². The third-order valence-corrected chi connectivity index (χ3v) is 2.22. The van der Waals surface area contributed by atoms with Gasteiger partial charge in [-0.15, -0.1) is 0 Å². The third kappa shape index (κ3) is 2.58. The van der Waals surface area contributed by atoms with E-state index in [4.69, 9.17) is 17.3 Å². The Morgan fingerprint density at radius 2 is 2.06 bits per heavy atom. The number of benzene rings is 1. The smallest absolute Gasteiger partial charge is 0.150 e. The average Bonchev–Trinajstić information content (AvgIpc) is 2.30. The van der Waals surface area contributed by atoms with Crippen molar-refractivity contribution in [1.82, 2.24) is 4.98 Å². The number of amidine groups is 1. The van der Waals surface area contributed by atoms with Gasteiger partial charge >= 0.3 is 0 Å². The number of aromatic nitrogens is 1. The van der Waals surface area contributed by atoms with Crippen LogP contribution in [0.3, 0.4) is 0 Å². The van der Waals surface area contributed by atoms with Crippen LogP contribution in [0.2, 0.25) is 5.02 Å². The zero-order valence-electron chi connectivity index (χ0n) is 8.47. The van der Waals surface area contributed by atoms with Crippen LogP contribution >= 0.6 is 11.6 Å². The number of hydrogen-bond acceptors (Lipinski definition) is 2. The fourth-order valence-corrected chi connectivity index (χ4v) is 1.44. The summed E-state index contributed by atoms with van der Waals surface area (Å²) in [5.74, 6) is 0.378. The maximum atomic E-state index is 5.85. The summed E-state index contributed by atoms with van der Waals surface area (Å²) in [6, 6.07) is 12.7. The Morgan fingerprint density at radius 3 is 2.75 bits per heavy atom. The number of rotatable bonds is 2. The lowest BCUT2D eigenvalue weighted by molar-refractivity contribution is 1.27. The molecule has 0 spiro atoms. The SMILES string of the molecule is NC(=Nc1cccc(Cl)c1)c1ccccn1. The summed E-state index contributed by atoms with van der Waals surface area (Å²) < 4.78 is 0. The first-order valence-electron chi connectivity index (χ1n) is 4.77. The number of aliphatic imine (C=N–C) groups is 1. The van der Waals surface area contributed by atoms with Gasteiger partial charge in [-0.25, -0.2) is 4.99 Å². The van der Waals surface area contributed by atoms with Gasteiger partial charge < -0.3 is 5.73 Å². The van der Waals surface area contributed by atoms with E-state index >= 15 is 0 Å². The van der Waals surface area contributed by atoms with E-state index in [1.165, 1.54) is 0 Å². The lowest BCUT2D eigenvalue weighted by Gasteiger charge is -1.99. The van der Waals surface area contributed by atoms with Crippen LogP contribution in [0, 0.1) is 0 Å². The Labute approximate surface area is 98.6 Å². The van der Waals surface area contributed by atoms with Gasteiger partial charge in [0.25, 0.3) is 0 Å². The first-order valence-corrected chi connectivity index (χ1v) is 5.14. The number of pyridine rings is 1. The van der Waals surface area contributed by atoms with Crippen LogP contribution < -0.4 is 5.73 Å². The minimum atomic E-state index is 0.378. The first-order chi connectivity index (χ1) is 7.75. The Balaban J connectivity index is 2.32. The van der Waals surface area contributed by atoms with Gasteiger partial charge in [-0.1, -0.05) is 23.7 Å². The molecule has 0 aliphatic carbocycles. The molecule has 0 fully saturated rings. The second-order valence-electron chi connectivity index (χ2n) is 3.19. The quantitative estimate of drug-likeness (QED) is 0.638. The molecule has 80 valence electrons. The lowest BCUT2D eigenvalue weighted by atomic mass is 10.3. The fraction of sp³-hybridized carbons (Fsp3) is 0. The maximum absolute atomic E-state index is 5.85. The Hall–Kier alpha value is -1.87. The van der Waals surface area contributed by atoms with Gasteiger partial charge in [0.1, 0.15) is 11.5 Å². The standard InChI is InChI=1S/C12H10ClN3/c13-9-4-3-5-10(8-9)16-12(14)11-6-1-2-7-15-11/h1-8H,(H2,14,16). The van der Waals surface area contributed by atoms with E-state index in [0.29, 0.717) is 16.6 Å². The fourth-order valence-electron chi connectivity index (χ4n) is 1.26. The molecule has 0 radical (unpaired) electrons. The van der Waals surface area contributed by atoms with Gasteiger partial charge in [-0.2, -0.15) is 0 Å². The molecule has 2 aromatic rings. The summed E-state index contributed by atoms with van der Waals surface area (Å²) in [4.78, 5) is 8.35. The van der Waals surface area contributed by atoms with Crippen molar-refractivity contribution >= 4 is 23.1 Å². The molecule has 0 atom stereocenters. The summed E-state index contributed by atoms with van der Waals surface area (Å²) in [7, 11) is 0. The van der Waals surface area contributed by atoms with Crippen LogP contribution in [0.5, 0.6) is 0 Å². The summed E-state index contributed by atoms with van der Waals surface area (Å²) in [6.45, 7) is 0. The molecule has 1 aromatic heterocycles. The van der Waals surface area contributed by atoms with Crippen molar-refractivity contribution in [3.63, 3.8) is 0 Å². The molecule has 0 amide bonds. The molecular weight excluding hydrogens is 222 g/mol. The molecule has 4 heteroatoms. The molecule has 2 rings (SSSR count). The Bertz CT molecular complexity index is 509. The van der Waals surface area contributed by atoms with E-state index in [1.54, 1.807) is 18.3 Å². The van der Waals surface area contributed by atoms with Crippen LogP contribution in [0.1, 0.15) is 5.69 Å². The Kier molecular flexibility index (Phi) is 3.17. The summed E-state index contributed by atoms with van der Waals surface area (Å²) in [5, 5.41) is 0.634. The van der Waals surface area contributed by atoms with E-state index in [2.05, 4.69) is 9.98 Å². The van der Waals surface area contributed by atoms with E-state index in [9.17, 15) is 0 Å². The highest BCUT2D eigenvalue weighted by atomic mass is 35.5. The second kappa shape index (κ2) is 4.77. The highest BCUT2D eigenvalue weighted by Crippen LogP contribution is 2.18. The van der Waals surface area contributed by atoms with E-state index in [-0.39, 0.29) is 0 Å². The van der Waals surface area contributed by atoms with Crippen LogP contribution in [0.15, 0.2) is 53.7 Å². The first kappa shape index (κ1) is 10.6.